The molecule has 0 unspecified atom stereocenters. The second-order valence-electron chi connectivity index (χ2n) is 5.05. The van der Waals surface area contributed by atoms with Crippen molar-refractivity contribution < 1.29 is 0 Å². The number of para-hydroxylation sites is 1. The zero-order valence-corrected chi connectivity index (χ0v) is 14.9. The Balaban J connectivity index is 2.25. The Kier molecular flexibility index (Phi) is 4.63. The van der Waals surface area contributed by atoms with Crippen LogP contribution in [0.25, 0.3) is 16.7 Å². The molecule has 0 fully saturated rings. The number of aromatic nitrogens is 3. The number of halogens is 1. The second-order valence-corrected chi connectivity index (χ2v) is 7.12. The van der Waals surface area contributed by atoms with E-state index in [1.165, 1.54) is 11.8 Å². The summed E-state index contributed by atoms with van der Waals surface area (Å²) in [5.74, 6) is 1.19. The molecule has 0 saturated heterocycles. The number of rotatable bonds is 4. The van der Waals surface area contributed by atoms with Crippen LogP contribution in [0.3, 0.4) is 0 Å². The van der Waals surface area contributed by atoms with Crippen LogP contribution < -0.4 is 5.56 Å². The van der Waals surface area contributed by atoms with Gasteiger partial charge in [0.25, 0.3) is 5.56 Å². The van der Waals surface area contributed by atoms with Crippen LogP contribution in [0.4, 0.5) is 0 Å². The van der Waals surface area contributed by atoms with Gasteiger partial charge in [-0.05, 0) is 35.2 Å². The van der Waals surface area contributed by atoms with Gasteiger partial charge in [0.2, 0.25) is 0 Å². The van der Waals surface area contributed by atoms with Crippen LogP contribution in [-0.4, -0.2) is 20.3 Å². The fraction of sp³-hybridized carbons (Fsp3) is 0.118. The normalized spacial score (nSPS) is 10.9. The molecular formula is C17H14BrN3OS. The summed E-state index contributed by atoms with van der Waals surface area (Å²) in [6.07, 6.45) is 1.74. The number of thioether (sulfide) groups is 1. The summed E-state index contributed by atoms with van der Waals surface area (Å²) in [5.41, 5.74) is 1.61. The minimum absolute atomic E-state index is 0.116. The van der Waals surface area contributed by atoms with Crippen LogP contribution in [0.1, 0.15) is 5.56 Å². The van der Waals surface area contributed by atoms with Gasteiger partial charge in [-0.2, -0.15) is 0 Å². The van der Waals surface area contributed by atoms with Crippen molar-refractivity contribution in [3.05, 3.63) is 69.6 Å². The molecule has 0 N–H and O–H groups in total. The van der Waals surface area contributed by atoms with Crippen molar-refractivity contribution in [2.24, 2.45) is 0 Å². The quantitative estimate of drug-likeness (QED) is 0.499. The smallest absolute Gasteiger partial charge is 0.267 e. The third kappa shape index (κ3) is 3.38. The van der Waals surface area contributed by atoms with Gasteiger partial charge in [-0.25, -0.2) is 14.5 Å². The Labute approximate surface area is 146 Å². The van der Waals surface area contributed by atoms with E-state index in [1.807, 2.05) is 37.3 Å². The maximum absolute atomic E-state index is 12.9. The van der Waals surface area contributed by atoms with Crippen LogP contribution in [-0.2, 0) is 0 Å². The molecule has 0 atom stereocenters. The Hall–Kier alpha value is -1.92. The van der Waals surface area contributed by atoms with Crippen molar-refractivity contribution in [3.63, 3.8) is 0 Å². The van der Waals surface area contributed by atoms with E-state index in [0.717, 1.165) is 10.0 Å². The molecule has 116 valence electrons. The summed E-state index contributed by atoms with van der Waals surface area (Å²) in [7, 11) is 0. The second kappa shape index (κ2) is 6.68. The van der Waals surface area contributed by atoms with E-state index in [9.17, 15) is 4.79 Å². The fourth-order valence-corrected chi connectivity index (χ4v) is 3.24. The molecule has 4 nitrogen and oxygen atoms in total. The molecule has 1 aromatic carbocycles. The fourth-order valence-electron chi connectivity index (χ4n) is 2.15. The lowest BCUT2D eigenvalue weighted by atomic mass is 10.2. The van der Waals surface area contributed by atoms with Gasteiger partial charge >= 0.3 is 0 Å². The topological polar surface area (TPSA) is 47.8 Å². The number of aryl methyl sites for hydroxylation is 1. The predicted octanol–water partition coefficient (Wildman–Crippen LogP) is 4.09. The Bertz CT molecular complexity index is 935. The number of fused-ring (bicyclic) bond motifs is 1. The molecule has 0 radical (unpaired) electrons. The van der Waals surface area contributed by atoms with Crippen molar-refractivity contribution in [2.75, 3.05) is 5.75 Å². The minimum Gasteiger partial charge on any atom is -0.268 e. The van der Waals surface area contributed by atoms with Crippen molar-refractivity contribution in [3.8, 4) is 5.82 Å². The van der Waals surface area contributed by atoms with Crippen molar-refractivity contribution in [2.45, 2.75) is 12.1 Å². The van der Waals surface area contributed by atoms with E-state index in [0.29, 0.717) is 27.6 Å². The zero-order valence-electron chi connectivity index (χ0n) is 12.5. The molecule has 6 heteroatoms. The van der Waals surface area contributed by atoms with Gasteiger partial charge in [0, 0.05) is 11.9 Å². The number of hydrogen-bond acceptors (Lipinski definition) is 4. The Morgan fingerprint density at radius 1 is 1.30 bits per heavy atom. The number of pyridine rings is 1. The van der Waals surface area contributed by atoms with Crippen LogP contribution in [0, 0.1) is 6.92 Å². The summed E-state index contributed by atoms with van der Waals surface area (Å²) in [6, 6.07) is 11.1. The van der Waals surface area contributed by atoms with Gasteiger partial charge in [0.1, 0.15) is 5.82 Å². The lowest BCUT2D eigenvalue weighted by Crippen LogP contribution is -2.22. The molecular weight excluding hydrogens is 374 g/mol. The molecule has 0 aliphatic heterocycles. The molecule has 0 aliphatic carbocycles. The summed E-state index contributed by atoms with van der Waals surface area (Å²) >= 11 is 4.79. The highest BCUT2D eigenvalue weighted by atomic mass is 79.9. The van der Waals surface area contributed by atoms with Crippen LogP contribution in [0.15, 0.2) is 63.6 Å². The maximum Gasteiger partial charge on any atom is 0.267 e. The summed E-state index contributed by atoms with van der Waals surface area (Å²) in [5, 5.41) is 1.18. The first-order chi connectivity index (χ1) is 11.1. The van der Waals surface area contributed by atoms with Crippen LogP contribution in [0.5, 0.6) is 0 Å². The lowest BCUT2D eigenvalue weighted by molar-refractivity contribution is 0.795. The first kappa shape index (κ1) is 16.0. The Morgan fingerprint density at radius 3 is 2.78 bits per heavy atom. The molecule has 2 aromatic heterocycles. The van der Waals surface area contributed by atoms with E-state index in [-0.39, 0.29) is 5.56 Å². The molecule has 2 heterocycles. The largest absolute Gasteiger partial charge is 0.268 e. The molecule has 0 spiro atoms. The van der Waals surface area contributed by atoms with E-state index in [1.54, 1.807) is 16.8 Å². The monoisotopic (exact) mass is 387 g/mol. The standard InChI is InChI=1S/C17H14BrN3OS/c1-11-7-8-15(19-9-11)21-16(22)13-5-3-4-6-14(13)20-17(21)23-10-12(2)18/h3-9H,2,10H2,1H3. The third-order valence-electron chi connectivity index (χ3n) is 3.23. The van der Waals surface area contributed by atoms with Gasteiger partial charge in [-0.1, -0.05) is 52.5 Å². The first-order valence-corrected chi connectivity index (χ1v) is 8.75. The van der Waals surface area contributed by atoms with Crippen molar-refractivity contribution in [1.29, 1.82) is 0 Å². The van der Waals surface area contributed by atoms with Gasteiger partial charge in [0.15, 0.2) is 5.16 Å². The number of hydrogen-bond donors (Lipinski definition) is 0. The van der Waals surface area contributed by atoms with E-state index < -0.39 is 0 Å². The van der Waals surface area contributed by atoms with Gasteiger partial charge in [-0.15, -0.1) is 0 Å². The van der Waals surface area contributed by atoms with Gasteiger partial charge < -0.3 is 0 Å². The predicted molar refractivity (Wildman–Crippen MR) is 98.7 cm³/mol. The molecule has 0 bridgehead atoms. The van der Waals surface area contributed by atoms with Gasteiger partial charge in [0.05, 0.1) is 10.9 Å². The highest BCUT2D eigenvalue weighted by molar-refractivity contribution is 9.11. The van der Waals surface area contributed by atoms with Crippen molar-refractivity contribution >= 4 is 38.6 Å². The number of benzene rings is 1. The highest BCUT2D eigenvalue weighted by Crippen LogP contribution is 2.23. The zero-order chi connectivity index (χ0) is 16.4. The lowest BCUT2D eigenvalue weighted by Gasteiger charge is -2.12. The molecule has 3 aromatic rings. The summed E-state index contributed by atoms with van der Waals surface area (Å²) in [4.78, 5) is 21.9. The van der Waals surface area contributed by atoms with Gasteiger partial charge in [-0.3, -0.25) is 4.79 Å². The van der Waals surface area contributed by atoms with E-state index >= 15 is 0 Å². The third-order valence-corrected chi connectivity index (χ3v) is 4.90. The molecule has 0 amide bonds. The average molecular weight is 388 g/mol. The minimum atomic E-state index is -0.116. The van der Waals surface area contributed by atoms with E-state index in [2.05, 4.69) is 32.5 Å². The van der Waals surface area contributed by atoms with Crippen LogP contribution >= 0.6 is 27.7 Å². The summed E-state index contributed by atoms with van der Waals surface area (Å²) < 4.78 is 2.40. The SMILES string of the molecule is C=C(Br)CSc1nc2ccccc2c(=O)n1-c1ccc(C)cn1. The highest BCUT2D eigenvalue weighted by Gasteiger charge is 2.14. The van der Waals surface area contributed by atoms with E-state index in [4.69, 9.17) is 0 Å². The molecule has 3 rings (SSSR count). The average Bonchev–Trinajstić information content (AvgIpc) is 2.54. The summed E-state index contributed by atoms with van der Waals surface area (Å²) in [6.45, 7) is 5.79. The number of nitrogens with zero attached hydrogens (tertiary/aromatic N) is 3. The van der Waals surface area contributed by atoms with Crippen molar-refractivity contribution in [1.82, 2.24) is 14.5 Å². The molecule has 0 aliphatic rings. The molecule has 0 saturated carbocycles. The van der Waals surface area contributed by atoms with Crippen LogP contribution in [0.2, 0.25) is 0 Å². The molecule has 23 heavy (non-hydrogen) atoms. The first-order valence-electron chi connectivity index (χ1n) is 6.97. The Morgan fingerprint density at radius 2 is 2.09 bits per heavy atom. The maximum atomic E-state index is 12.9.